The smallest absolute Gasteiger partial charge is 0.251 e. The molecule has 1 aromatic carbocycles. The Morgan fingerprint density at radius 2 is 2.00 bits per heavy atom. The predicted octanol–water partition coefficient (Wildman–Crippen LogP) is 0.638. The van der Waals surface area contributed by atoms with E-state index in [-0.39, 0.29) is 17.8 Å². The molecule has 3 rings (SSSR count). The molecule has 0 saturated carbocycles. The highest BCUT2D eigenvalue weighted by molar-refractivity contribution is 5.94. The quantitative estimate of drug-likeness (QED) is 0.864. The highest BCUT2D eigenvalue weighted by Crippen LogP contribution is 2.21. The molecule has 7 heteroatoms. The van der Waals surface area contributed by atoms with Crippen molar-refractivity contribution >= 4 is 11.6 Å². The maximum Gasteiger partial charge on any atom is 0.251 e. The normalized spacial score (nSPS) is 22.8. The number of ether oxygens (including phenoxy) is 1. The zero-order valence-electron chi connectivity index (χ0n) is 15.0. The van der Waals surface area contributed by atoms with Crippen molar-refractivity contribution in [1.29, 1.82) is 0 Å². The van der Waals surface area contributed by atoms with Crippen LogP contribution in [0.25, 0.3) is 0 Å². The first kappa shape index (κ1) is 18.1. The van der Waals surface area contributed by atoms with Gasteiger partial charge in [0, 0.05) is 50.9 Å². The molecular formula is C18H27FN4O2. The second-order valence-corrected chi connectivity index (χ2v) is 6.87. The van der Waals surface area contributed by atoms with Crippen molar-refractivity contribution in [2.75, 3.05) is 71.5 Å². The molecule has 0 aromatic heterocycles. The fraction of sp³-hybridized carbons (Fsp3) is 0.611. The Morgan fingerprint density at radius 1 is 1.24 bits per heavy atom. The molecule has 0 spiro atoms. The fourth-order valence-corrected chi connectivity index (χ4v) is 3.34. The Labute approximate surface area is 148 Å². The van der Waals surface area contributed by atoms with Crippen LogP contribution in [0, 0.1) is 5.82 Å². The Hall–Kier alpha value is -1.70. The minimum Gasteiger partial charge on any atom is -0.378 e. The maximum absolute atomic E-state index is 14.4. The molecule has 0 radical (unpaired) electrons. The average Bonchev–Trinajstić information content (AvgIpc) is 2.63. The predicted molar refractivity (Wildman–Crippen MR) is 95.7 cm³/mol. The SMILES string of the molecule is CN1CCN(C)C(CNC(=O)c2ccc(N3CCOCC3)c(F)c2)C1. The van der Waals surface area contributed by atoms with Gasteiger partial charge in [-0.15, -0.1) is 0 Å². The van der Waals surface area contributed by atoms with Crippen molar-refractivity contribution in [2.24, 2.45) is 0 Å². The van der Waals surface area contributed by atoms with Crippen molar-refractivity contribution in [2.45, 2.75) is 6.04 Å². The number of hydrogen-bond donors (Lipinski definition) is 1. The number of benzene rings is 1. The first-order valence-corrected chi connectivity index (χ1v) is 8.84. The molecule has 1 unspecified atom stereocenters. The van der Waals surface area contributed by atoms with Crippen LogP contribution in [-0.2, 0) is 4.74 Å². The molecule has 2 saturated heterocycles. The molecule has 6 nitrogen and oxygen atoms in total. The molecule has 1 atom stereocenters. The van der Waals surface area contributed by atoms with E-state index >= 15 is 0 Å². The zero-order valence-corrected chi connectivity index (χ0v) is 15.0. The van der Waals surface area contributed by atoms with Crippen molar-refractivity contribution in [3.8, 4) is 0 Å². The third kappa shape index (κ3) is 4.48. The molecule has 2 aliphatic heterocycles. The van der Waals surface area contributed by atoms with Crippen LogP contribution >= 0.6 is 0 Å². The minimum absolute atomic E-state index is 0.228. The van der Waals surface area contributed by atoms with Gasteiger partial charge in [0.15, 0.2) is 0 Å². The van der Waals surface area contributed by atoms with Gasteiger partial charge in [0.2, 0.25) is 0 Å². The lowest BCUT2D eigenvalue weighted by Gasteiger charge is -2.37. The van der Waals surface area contributed by atoms with Crippen molar-refractivity contribution in [1.82, 2.24) is 15.1 Å². The van der Waals surface area contributed by atoms with Crippen LogP contribution in [0.1, 0.15) is 10.4 Å². The lowest BCUT2D eigenvalue weighted by Crippen LogP contribution is -2.54. The highest BCUT2D eigenvalue weighted by atomic mass is 19.1. The van der Waals surface area contributed by atoms with E-state index in [1.807, 2.05) is 4.90 Å². The summed E-state index contributed by atoms with van der Waals surface area (Å²) in [7, 11) is 4.15. The number of morpholine rings is 1. The van der Waals surface area contributed by atoms with E-state index in [2.05, 4.69) is 29.2 Å². The van der Waals surface area contributed by atoms with Crippen molar-refractivity contribution in [3.05, 3.63) is 29.6 Å². The van der Waals surface area contributed by atoms with E-state index in [4.69, 9.17) is 4.74 Å². The Bertz CT molecular complexity index is 607. The maximum atomic E-state index is 14.4. The van der Waals surface area contributed by atoms with Gasteiger partial charge in [-0.25, -0.2) is 4.39 Å². The number of carbonyl (C=O) groups excluding carboxylic acids is 1. The highest BCUT2D eigenvalue weighted by Gasteiger charge is 2.23. The van der Waals surface area contributed by atoms with Gasteiger partial charge in [0.1, 0.15) is 5.82 Å². The van der Waals surface area contributed by atoms with Gasteiger partial charge in [-0.1, -0.05) is 0 Å². The van der Waals surface area contributed by atoms with Crippen LogP contribution < -0.4 is 10.2 Å². The summed E-state index contributed by atoms with van der Waals surface area (Å²) in [4.78, 5) is 18.8. The molecule has 2 fully saturated rings. The molecule has 0 bridgehead atoms. The number of piperazine rings is 1. The van der Waals surface area contributed by atoms with Crippen LogP contribution in [-0.4, -0.2) is 88.3 Å². The molecular weight excluding hydrogens is 323 g/mol. The number of amides is 1. The standard InChI is InChI=1S/C18H27FN4O2/c1-21-5-6-22(2)15(13-21)12-20-18(24)14-3-4-17(16(19)11-14)23-7-9-25-10-8-23/h3-4,11,15H,5-10,12-13H2,1-2H3,(H,20,24). The van der Waals surface area contributed by atoms with Crippen molar-refractivity contribution in [3.63, 3.8) is 0 Å². The Balaban J connectivity index is 1.59. The monoisotopic (exact) mass is 350 g/mol. The minimum atomic E-state index is -0.357. The van der Waals surface area contributed by atoms with Crippen LogP contribution in [0.3, 0.4) is 0 Å². The summed E-state index contributed by atoms with van der Waals surface area (Å²) in [6.07, 6.45) is 0. The first-order chi connectivity index (χ1) is 12.0. The summed E-state index contributed by atoms with van der Waals surface area (Å²) >= 11 is 0. The van der Waals surface area contributed by atoms with Crippen LogP contribution in [0.2, 0.25) is 0 Å². The van der Waals surface area contributed by atoms with Gasteiger partial charge in [-0.2, -0.15) is 0 Å². The fourth-order valence-electron chi connectivity index (χ4n) is 3.34. The summed E-state index contributed by atoms with van der Waals surface area (Å²) < 4.78 is 19.7. The Kier molecular flexibility index (Phi) is 5.88. The van der Waals surface area contributed by atoms with E-state index in [1.165, 1.54) is 6.07 Å². The molecule has 2 heterocycles. The number of nitrogens with zero attached hydrogens (tertiary/aromatic N) is 3. The first-order valence-electron chi connectivity index (χ1n) is 8.84. The number of carbonyl (C=O) groups is 1. The second kappa shape index (κ2) is 8.12. The van der Waals surface area contributed by atoms with Gasteiger partial charge in [-0.3, -0.25) is 9.69 Å². The topological polar surface area (TPSA) is 48.0 Å². The number of hydrogen-bond acceptors (Lipinski definition) is 5. The van der Waals surface area contributed by atoms with E-state index in [1.54, 1.807) is 12.1 Å². The third-order valence-electron chi connectivity index (χ3n) is 5.04. The van der Waals surface area contributed by atoms with Gasteiger partial charge in [0.05, 0.1) is 18.9 Å². The largest absolute Gasteiger partial charge is 0.378 e. The van der Waals surface area contributed by atoms with E-state index < -0.39 is 0 Å². The second-order valence-electron chi connectivity index (χ2n) is 6.87. The lowest BCUT2D eigenvalue weighted by atomic mass is 10.1. The van der Waals surface area contributed by atoms with Crippen LogP contribution in [0.4, 0.5) is 10.1 Å². The zero-order chi connectivity index (χ0) is 17.8. The number of rotatable bonds is 4. The number of nitrogens with one attached hydrogen (secondary N) is 1. The van der Waals surface area contributed by atoms with Gasteiger partial charge >= 0.3 is 0 Å². The summed E-state index contributed by atoms with van der Waals surface area (Å²) in [6, 6.07) is 4.99. The third-order valence-corrected chi connectivity index (χ3v) is 5.04. The van der Waals surface area contributed by atoms with Crippen molar-refractivity contribution < 1.29 is 13.9 Å². The molecule has 138 valence electrons. The average molecular weight is 350 g/mol. The van der Waals surface area contributed by atoms with Crippen LogP contribution in [0.5, 0.6) is 0 Å². The van der Waals surface area contributed by atoms with Gasteiger partial charge < -0.3 is 19.9 Å². The molecule has 25 heavy (non-hydrogen) atoms. The van der Waals surface area contributed by atoms with Gasteiger partial charge in [-0.05, 0) is 32.3 Å². The molecule has 2 aliphatic rings. The molecule has 1 N–H and O–H groups in total. The number of anilines is 1. The Morgan fingerprint density at radius 3 is 2.72 bits per heavy atom. The number of likely N-dealkylation sites (N-methyl/N-ethyl adjacent to an activating group) is 2. The summed E-state index contributed by atoms with van der Waals surface area (Å²) in [6.45, 7) is 6.05. The van der Waals surface area contributed by atoms with Gasteiger partial charge in [0.25, 0.3) is 5.91 Å². The molecule has 0 aliphatic carbocycles. The van der Waals surface area contributed by atoms with E-state index in [0.717, 1.165) is 19.6 Å². The number of halogens is 1. The summed E-state index contributed by atoms with van der Waals surface area (Å²) in [5.74, 6) is -0.585. The molecule has 1 amide bonds. The van der Waals surface area contributed by atoms with E-state index in [9.17, 15) is 9.18 Å². The summed E-state index contributed by atoms with van der Waals surface area (Å²) in [5, 5.41) is 2.94. The summed E-state index contributed by atoms with van der Waals surface area (Å²) in [5.41, 5.74) is 0.898. The van der Waals surface area contributed by atoms with E-state index in [0.29, 0.717) is 44.1 Å². The molecule has 1 aromatic rings. The van der Waals surface area contributed by atoms with Crippen LogP contribution in [0.15, 0.2) is 18.2 Å². The lowest BCUT2D eigenvalue weighted by molar-refractivity contribution is 0.0880.